The van der Waals surface area contributed by atoms with Crippen molar-refractivity contribution in [3.8, 4) is 5.88 Å². The fourth-order valence-corrected chi connectivity index (χ4v) is 6.64. The molecule has 6 rings (SSSR count). The minimum absolute atomic E-state index is 0.0191. The molecular weight excluding hydrogens is 452 g/mol. The van der Waals surface area contributed by atoms with E-state index in [1.54, 1.807) is 12.4 Å². The lowest BCUT2D eigenvalue weighted by molar-refractivity contribution is 0.143. The van der Waals surface area contributed by atoms with Crippen molar-refractivity contribution in [3.05, 3.63) is 23.2 Å². The summed E-state index contributed by atoms with van der Waals surface area (Å²) in [6, 6.07) is 0. The Morgan fingerprint density at radius 3 is 2.56 bits per heavy atom. The lowest BCUT2D eigenvalue weighted by Crippen LogP contribution is -2.49. The van der Waals surface area contributed by atoms with Crippen LogP contribution in [0.1, 0.15) is 43.8 Å². The molecule has 2 N–H and O–H groups in total. The SMILES string of the molecule is O=S1COc2nc(N3CC4CCC(C3)C4c3ncc(Cl)cn3)nc(NC3(CO)CCC3)c21. The summed E-state index contributed by atoms with van der Waals surface area (Å²) in [6.07, 6.45) is 8.35. The Labute approximate surface area is 193 Å². The van der Waals surface area contributed by atoms with E-state index in [-0.39, 0.29) is 12.5 Å². The van der Waals surface area contributed by atoms with Gasteiger partial charge in [0, 0.05) is 31.4 Å². The number of aliphatic hydroxyl groups excluding tert-OH is 1. The number of nitrogens with one attached hydrogen (secondary N) is 1. The Morgan fingerprint density at radius 1 is 1.22 bits per heavy atom. The molecule has 0 radical (unpaired) electrons. The Bertz CT molecular complexity index is 1050. The first kappa shape index (κ1) is 20.6. The molecule has 4 heterocycles. The second-order valence-corrected chi connectivity index (χ2v) is 11.1. The number of aromatic nitrogens is 4. The van der Waals surface area contributed by atoms with Crippen LogP contribution in [0.2, 0.25) is 5.02 Å². The first-order valence-electron chi connectivity index (χ1n) is 11.1. The quantitative estimate of drug-likeness (QED) is 0.671. The Kier molecular flexibility index (Phi) is 5.00. The monoisotopic (exact) mass is 476 g/mol. The van der Waals surface area contributed by atoms with Gasteiger partial charge in [0.15, 0.2) is 11.8 Å². The number of fused-ring (bicyclic) bond motifs is 3. The lowest BCUT2D eigenvalue weighted by atomic mass is 9.77. The fourth-order valence-electron chi connectivity index (χ4n) is 5.60. The molecule has 3 unspecified atom stereocenters. The van der Waals surface area contributed by atoms with Crippen LogP contribution >= 0.6 is 11.6 Å². The standard InChI is InChI=1S/C21H25ClN6O3S/c22-14-6-23-17(24-7-14)15-12-2-3-13(15)9-28(8-12)20-25-18(27-21(10-29)4-1-5-21)16-19(26-20)31-11-32(16)30/h6-7,12-13,15,29H,1-5,8-11H2,(H,25,26,27). The van der Waals surface area contributed by atoms with Gasteiger partial charge in [-0.1, -0.05) is 11.6 Å². The van der Waals surface area contributed by atoms with Gasteiger partial charge >= 0.3 is 0 Å². The van der Waals surface area contributed by atoms with E-state index in [2.05, 4.69) is 25.2 Å². The number of hydrogen-bond acceptors (Lipinski definition) is 9. The molecule has 2 aliphatic carbocycles. The molecule has 2 aromatic heterocycles. The molecule has 1 saturated heterocycles. The van der Waals surface area contributed by atoms with E-state index < -0.39 is 16.3 Å². The molecule has 32 heavy (non-hydrogen) atoms. The van der Waals surface area contributed by atoms with Gasteiger partial charge in [-0.05, 0) is 43.9 Å². The van der Waals surface area contributed by atoms with Gasteiger partial charge in [-0.3, -0.25) is 4.21 Å². The smallest absolute Gasteiger partial charge is 0.238 e. The molecule has 2 saturated carbocycles. The zero-order valence-electron chi connectivity index (χ0n) is 17.5. The number of hydrogen-bond donors (Lipinski definition) is 2. The fraction of sp³-hybridized carbons (Fsp3) is 0.619. The van der Waals surface area contributed by atoms with Crippen molar-refractivity contribution in [2.45, 2.75) is 48.5 Å². The van der Waals surface area contributed by atoms with Crippen LogP contribution in [0.5, 0.6) is 5.88 Å². The van der Waals surface area contributed by atoms with Crippen molar-refractivity contribution in [1.82, 2.24) is 19.9 Å². The zero-order valence-corrected chi connectivity index (χ0v) is 19.1. The molecule has 2 aromatic rings. The average Bonchev–Trinajstić information content (AvgIpc) is 3.27. The van der Waals surface area contributed by atoms with Crippen LogP contribution in [0.4, 0.5) is 11.8 Å². The van der Waals surface area contributed by atoms with Crippen LogP contribution in [0.3, 0.4) is 0 Å². The number of aliphatic hydroxyl groups is 1. The van der Waals surface area contributed by atoms with Crippen molar-refractivity contribution < 1.29 is 14.1 Å². The van der Waals surface area contributed by atoms with Gasteiger partial charge in [-0.25, -0.2) is 9.97 Å². The summed E-state index contributed by atoms with van der Waals surface area (Å²) in [5, 5.41) is 13.9. The normalized spacial score (nSPS) is 29.9. The molecule has 3 atom stereocenters. The van der Waals surface area contributed by atoms with Crippen LogP contribution in [0.15, 0.2) is 17.3 Å². The van der Waals surface area contributed by atoms with E-state index in [4.69, 9.17) is 21.3 Å². The van der Waals surface area contributed by atoms with E-state index in [9.17, 15) is 9.32 Å². The van der Waals surface area contributed by atoms with Gasteiger partial charge in [-0.2, -0.15) is 9.97 Å². The molecule has 4 aliphatic rings. The van der Waals surface area contributed by atoms with Crippen LogP contribution < -0.4 is 15.0 Å². The van der Waals surface area contributed by atoms with E-state index >= 15 is 0 Å². The van der Waals surface area contributed by atoms with Crippen molar-refractivity contribution in [3.63, 3.8) is 0 Å². The predicted octanol–water partition coefficient (Wildman–Crippen LogP) is 2.33. The van der Waals surface area contributed by atoms with Crippen LogP contribution in [-0.2, 0) is 10.8 Å². The molecule has 0 spiro atoms. The Morgan fingerprint density at radius 2 is 1.94 bits per heavy atom. The minimum atomic E-state index is -1.31. The topological polar surface area (TPSA) is 113 Å². The Hall–Kier alpha value is -2.04. The maximum atomic E-state index is 12.6. The van der Waals surface area contributed by atoms with Crippen molar-refractivity contribution in [2.75, 3.05) is 35.9 Å². The van der Waals surface area contributed by atoms with E-state index in [0.717, 1.165) is 51.0 Å². The number of halogens is 1. The second kappa shape index (κ2) is 7.78. The molecule has 3 fully saturated rings. The summed E-state index contributed by atoms with van der Waals surface area (Å²) in [6.45, 7) is 1.63. The third-order valence-electron chi connectivity index (χ3n) is 7.40. The molecule has 0 aromatic carbocycles. The lowest BCUT2D eigenvalue weighted by Gasteiger charge is -2.42. The Balaban J connectivity index is 1.30. The predicted molar refractivity (Wildman–Crippen MR) is 119 cm³/mol. The van der Waals surface area contributed by atoms with E-state index in [1.165, 1.54) is 0 Å². The minimum Gasteiger partial charge on any atom is -0.463 e. The molecule has 170 valence electrons. The first-order valence-corrected chi connectivity index (χ1v) is 12.8. The summed E-state index contributed by atoms with van der Waals surface area (Å²) >= 11 is 5.98. The van der Waals surface area contributed by atoms with Gasteiger partial charge in [0.1, 0.15) is 21.5 Å². The molecule has 0 amide bonds. The second-order valence-electron chi connectivity index (χ2n) is 9.32. The third kappa shape index (κ3) is 3.34. The first-order chi connectivity index (χ1) is 15.5. The maximum Gasteiger partial charge on any atom is 0.238 e. The highest BCUT2D eigenvalue weighted by Gasteiger charge is 2.46. The summed E-state index contributed by atoms with van der Waals surface area (Å²) < 4.78 is 18.2. The number of nitrogens with zero attached hydrogens (tertiary/aromatic N) is 5. The number of rotatable bonds is 5. The third-order valence-corrected chi connectivity index (χ3v) is 8.76. The van der Waals surface area contributed by atoms with E-state index in [1.807, 2.05) is 0 Å². The highest BCUT2D eigenvalue weighted by Crippen LogP contribution is 2.48. The van der Waals surface area contributed by atoms with Gasteiger partial charge in [0.2, 0.25) is 11.8 Å². The molecule has 11 heteroatoms. The maximum absolute atomic E-state index is 12.6. The summed E-state index contributed by atoms with van der Waals surface area (Å²) in [4.78, 5) is 21.2. The van der Waals surface area contributed by atoms with E-state index in [0.29, 0.717) is 45.3 Å². The molecule has 2 bridgehead atoms. The van der Waals surface area contributed by atoms with Crippen molar-refractivity contribution >= 4 is 34.2 Å². The highest BCUT2D eigenvalue weighted by molar-refractivity contribution is 7.85. The van der Waals surface area contributed by atoms with Gasteiger partial charge < -0.3 is 20.1 Å². The van der Waals surface area contributed by atoms with Gasteiger partial charge in [0.05, 0.1) is 17.2 Å². The zero-order chi connectivity index (χ0) is 21.9. The summed E-state index contributed by atoms with van der Waals surface area (Å²) in [5.74, 6) is 3.60. The average molecular weight is 477 g/mol. The number of anilines is 2. The highest BCUT2D eigenvalue weighted by atomic mass is 35.5. The number of ether oxygens (including phenoxy) is 1. The molecular formula is C21H25ClN6O3S. The van der Waals surface area contributed by atoms with Gasteiger partial charge in [-0.15, -0.1) is 0 Å². The van der Waals surface area contributed by atoms with Crippen LogP contribution in [-0.4, -0.2) is 60.4 Å². The molecule has 9 nitrogen and oxygen atoms in total. The van der Waals surface area contributed by atoms with Gasteiger partial charge in [0.25, 0.3) is 0 Å². The van der Waals surface area contributed by atoms with Crippen LogP contribution in [0.25, 0.3) is 0 Å². The molecule has 2 aliphatic heterocycles. The van der Waals surface area contributed by atoms with Crippen molar-refractivity contribution in [2.24, 2.45) is 11.8 Å². The van der Waals surface area contributed by atoms with Crippen LogP contribution in [0, 0.1) is 11.8 Å². The summed E-state index contributed by atoms with van der Waals surface area (Å²) in [7, 11) is -1.31. The van der Waals surface area contributed by atoms with Crippen molar-refractivity contribution in [1.29, 1.82) is 0 Å². The summed E-state index contributed by atoms with van der Waals surface area (Å²) in [5.41, 5.74) is -0.399. The number of piperidine rings is 1. The largest absolute Gasteiger partial charge is 0.463 e.